The standard InChI is InChI=1S/C24H29N3O2/c1-24(2,3)18-14-12-17(13-15-18)22-26-20-10-7-6-9-19(20)23(27-22)25-16-8-4-5-11-21(28)29/h6-7,9-10,12-15H,4-5,8,11,16H2,1-3H3,(H,28,29)(H,25,26,27)/p-1. The van der Waals surface area contributed by atoms with Crippen molar-refractivity contribution in [1.29, 1.82) is 0 Å². The molecule has 0 unspecified atom stereocenters. The van der Waals surface area contributed by atoms with Crippen LogP contribution in [0.15, 0.2) is 48.5 Å². The van der Waals surface area contributed by atoms with Crippen LogP contribution in [0, 0.1) is 0 Å². The zero-order valence-electron chi connectivity index (χ0n) is 17.4. The zero-order chi connectivity index (χ0) is 20.9. The lowest BCUT2D eigenvalue weighted by Gasteiger charge is -2.19. The molecule has 0 saturated heterocycles. The van der Waals surface area contributed by atoms with Crippen LogP contribution < -0.4 is 10.4 Å². The number of hydrogen-bond donors (Lipinski definition) is 1. The van der Waals surface area contributed by atoms with Crippen LogP contribution in [0.1, 0.15) is 52.0 Å². The predicted molar refractivity (Wildman–Crippen MR) is 116 cm³/mol. The molecule has 0 aliphatic carbocycles. The number of aromatic nitrogens is 2. The topological polar surface area (TPSA) is 77.9 Å². The first-order valence-corrected chi connectivity index (χ1v) is 10.2. The highest BCUT2D eigenvalue weighted by Crippen LogP contribution is 2.28. The Hall–Kier alpha value is -2.95. The first-order chi connectivity index (χ1) is 13.8. The van der Waals surface area contributed by atoms with Crippen molar-refractivity contribution in [3.8, 4) is 11.4 Å². The summed E-state index contributed by atoms with van der Waals surface area (Å²) in [7, 11) is 0. The van der Waals surface area contributed by atoms with Crippen molar-refractivity contribution in [3.05, 3.63) is 54.1 Å². The largest absolute Gasteiger partial charge is 0.550 e. The molecule has 0 spiro atoms. The first kappa shape index (κ1) is 20.8. The third-order valence-corrected chi connectivity index (χ3v) is 4.96. The predicted octanol–water partition coefficient (Wildman–Crippen LogP) is 4.32. The number of unbranched alkanes of at least 4 members (excludes halogenated alkanes) is 2. The number of anilines is 1. The number of nitrogens with zero attached hydrogens (tertiary/aromatic N) is 2. The molecule has 0 bridgehead atoms. The van der Waals surface area contributed by atoms with E-state index in [1.54, 1.807) is 0 Å². The van der Waals surface area contributed by atoms with Gasteiger partial charge in [0.25, 0.3) is 0 Å². The van der Waals surface area contributed by atoms with E-state index >= 15 is 0 Å². The molecule has 3 aromatic rings. The van der Waals surface area contributed by atoms with Gasteiger partial charge in [-0.2, -0.15) is 0 Å². The Kier molecular flexibility index (Phi) is 6.47. The first-order valence-electron chi connectivity index (χ1n) is 10.2. The number of carbonyl (C=O) groups is 1. The smallest absolute Gasteiger partial charge is 0.162 e. The van der Waals surface area contributed by atoms with Crippen molar-refractivity contribution in [2.45, 2.75) is 51.9 Å². The number of carbonyl (C=O) groups excluding carboxylic acids is 1. The Morgan fingerprint density at radius 3 is 2.38 bits per heavy atom. The normalized spacial score (nSPS) is 11.6. The summed E-state index contributed by atoms with van der Waals surface area (Å²) in [5.74, 6) is 0.524. The fourth-order valence-electron chi connectivity index (χ4n) is 3.24. The summed E-state index contributed by atoms with van der Waals surface area (Å²) in [5.41, 5.74) is 3.26. The molecule has 0 radical (unpaired) electrons. The third-order valence-electron chi connectivity index (χ3n) is 4.96. The summed E-state index contributed by atoms with van der Waals surface area (Å²) < 4.78 is 0. The molecule has 1 N–H and O–H groups in total. The molecular formula is C24H28N3O2-. The van der Waals surface area contributed by atoms with E-state index in [4.69, 9.17) is 9.97 Å². The fraction of sp³-hybridized carbons (Fsp3) is 0.375. The summed E-state index contributed by atoms with van der Waals surface area (Å²) >= 11 is 0. The van der Waals surface area contributed by atoms with Crippen molar-refractivity contribution in [1.82, 2.24) is 9.97 Å². The number of para-hydroxylation sites is 1. The van der Waals surface area contributed by atoms with Gasteiger partial charge in [0, 0.05) is 23.5 Å². The van der Waals surface area contributed by atoms with Gasteiger partial charge in [-0.15, -0.1) is 0 Å². The lowest BCUT2D eigenvalue weighted by molar-refractivity contribution is -0.305. The average molecular weight is 391 g/mol. The van der Waals surface area contributed by atoms with Crippen molar-refractivity contribution < 1.29 is 9.90 Å². The number of aliphatic carboxylic acids is 1. The Balaban J connectivity index is 1.80. The quantitative estimate of drug-likeness (QED) is 0.580. The molecular weight excluding hydrogens is 362 g/mol. The molecule has 2 aromatic carbocycles. The Morgan fingerprint density at radius 1 is 0.966 bits per heavy atom. The SMILES string of the molecule is CC(C)(C)c1ccc(-c2nc(NCCCCCC(=O)[O-])c3ccccc3n2)cc1. The maximum absolute atomic E-state index is 10.5. The minimum atomic E-state index is -0.984. The highest BCUT2D eigenvalue weighted by Gasteiger charge is 2.14. The van der Waals surface area contributed by atoms with Gasteiger partial charge in [0.15, 0.2) is 5.82 Å². The molecule has 0 atom stereocenters. The van der Waals surface area contributed by atoms with Crippen molar-refractivity contribution in [3.63, 3.8) is 0 Å². The van der Waals surface area contributed by atoms with Gasteiger partial charge < -0.3 is 15.2 Å². The van der Waals surface area contributed by atoms with E-state index < -0.39 is 5.97 Å². The second-order valence-corrected chi connectivity index (χ2v) is 8.35. The van der Waals surface area contributed by atoms with Crippen LogP contribution >= 0.6 is 0 Å². The molecule has 1 heterocycles. The van der Waals surface area contributed by atoms with Crippen LogP contribution in [0.25, 0.3) is 22.3 Å². The highest BCUT2D eigenvalue weighted by atomic mass is 16.4. The van der Waals surface area contributed by atoms with E-state index in [1.807, 2.05) is 24.3 Å². The maximum Gasteiger partial charge on any atom is 0.162 e. The Morgan fingerprint density at radius 2 is 1.69 bits per heavy atom. The highest BCUT2D eigenvalue weighted by molar-refractivity contribution is 5.90. The van der Waals surface area contributed by atoms with E-state index in [9.17, 15) is 9.90 Å². The summed E-state index contributed by atoms with van der Waals surface area (Å²) in [5, 5.41) is 14.9. The van der Waals surface area contributed by atoms with Gasteiger partial charge in [-0.25, -0.2) is 9.97 Å². The molecule has 5 nitrogen and oxygen atoms in total. The second-order valence-electron chi connectivity index (χ2n) is 8.35. The Bertz CT molecular complexity index is 976. The van der Waals surface area contributed by atoms with Crippen LogP contribution in [0.3, 0.4) is 0 Å². The number of rotatable bonds is 8. The van der Waals surface area contributed by atoms with E-state index in [-0.39, 0.29) is 11.8 Å². The molecule has 152 valence electrons. The maximum atomic E-state index is 10.5. The minimum Gasteiger partial charge on any atom is -0.550 e. The van der Waals surface area contributed by atoms with Crippen molar-refractivity contribution in [2.75, 3.05) is 11.9 Å². The van der Waals surface area contributed by atoms with Crippen molar-refractivity contribution in [2.24, 2.45) is 0 Å². The van der Waals surface area contributed by atoms with Gasteiger partial charge in [-0.1, -0.05) is 63.6 Å². The van der Waals surface area contributed by atoms with E-state index in [2.05, 4.69) is 50.4 Å². The lowest BCUT2D eigenvalue weighted by atomic mass is 9.87. The van der Waals surface area contributed by atoms with Crippen LogP contribution in [-0.2, 0) is 10.2 Å². The molecule has 0 amide bonds. The fourth-order valence-corrected chi connectivity index (χ4v) is 3.24. The van der Waals surface area contributed by atoms with E-state index in [0.29, 0.717) is 12.2 Å². The number of hydrogen-bond acceptors (Lipinski definition) is 5. The van der Waals surface area contributed by atoms with Gasteiger partial charge in [-0.3, -0.25) is 0 Å². The lowest BCUT2D eigenvalue weighted by Crippen LogP contribution is -2.21. The second kappa shape index (κ2) is 9.03. The number of carboxylic acids is 1. The number of carboxylic acid groups (broad SMARTS) is 1. The summed E-state index contributed by atoms with van der Waals surface area (Å²) in [4.78, 5) is 20.0. The molecule has 5 heteroatoms. The number of benzene rings is 2. The van der Waals surface area contributed by atoms with Gasteiger partial charge in [-0.05, 0) is 42.4 Å². The van der Waals surface area contributed by atoms with Crippen molar-refractivity contribution >= 4 is 22.7 Å². The number of fused-ring (bicyclic) bond motifs is 1. The van der Waals surface area contributed by atoms with Crippen LogP contribution in [0.2, 0.25) is 0 Å². The summed E-state index contributed by atoms with van der Waals surface area (Å²) in [6.07, 6.45) is 2.47. The summed E-state index contributed by atoms with van der Waals surface area (Å²) in [6, 6.07) is 16.4. The number of nitrogens with one attached hydrogen (secondary N) is 1. The van der Waals surface area contributed by atoms with Gasteiger partial charge in [0.2, 0.25) is 0 Å². The molecule has 0 aliphatic rings. The monoisotopic (exact) mass is 390 g/mol. The molecule has 29 heavy (non-hydrogen) atoms. The van der Waals surface area contributed by atoms with E-state index in [0.717, 1.165) is 41.7 Å². The summed E-state index contributed by atoms with van der Waals surface area (Å²) in [6.45, 7) is 7.33. The molecule has 3 rings (SSSR count). The van der Waals surface area contributed by atoms with Gasteiger partial charge in [0.05, 0.1) is 5.52 Å². The minimum absolute atomic E-state index is 0.103. The Labute approximate surface area is 172 Å². The third kappa shape index (κ3) is 5.53. The van der Waals surface area contributed by atoms with E-state index in [1.165, 1.54) is 5.56 Å². The van der Waals surface area contributed by atoms with Crippen LogP contribution in [-0.4, -0.2) is 22.5 Å². The molecule has 0 fully saturated rings. The molecule has 1 aromatic heterocycles. The zero-order valence-corrected chi connectivity index (χ0v) is 17.4. The molecule has 0 aliphatic heterocycles. The van der Waals surface area contributed by atoms with Gasteiger partial charge in [0.1, 0.15) is 5.82 Å². The molecule has 0 saturated carbocycles. The van der Waals surface area contributed by atoms with Crippen LogP contribution in [0.4, 0.5) is 5.82 Å². The average Bonchev–Trinajstić information content (AvgIpc) is 2.69. The van der Waals surface area contributed by atoms with Crippen LogP contribution in [0.5, 0.6) is 0 Å². The van der Waals surface area contributed by atoms with Gasteiger partial charge >= 0.3 is 0 Å².